The number of hydrogen-bond acceptors (Lipinski definition) is 2. The van der Waals surface area contributed by atoms with Gasteiger partial charge in [0, 0.05) is 6.54 Å². The summed E-state index contributed by atoms with van der Waals surface area (Å²) in [7, 11) is 0. The maximum atomic E-state index is 11.7. The number of hydrogen-bond donors (Lipinski definition) is 1. The van der Waals surface area contributed by atoms with E-state index in [1.165, 1.54) is 25.7 Å². The summed E-state index contributed by atoms with van der Waals surface area (Å²) in [5, 5.41) is 11.8. The molecule has 3 nitrogen and oxygen atoms in total. The van der Waals surface area contributed by atoms with E-state index >= 15 is 0 Å². The summed E-state index contributed by atoms with van der Waals surface area (Å²) in [4.78, 5) is 11.7. The highest BCUT2D eigenvalue weighted by atomic mass is 16.2. The number of nitrogens with one attached hydrogen (secondary N) is 1. The molecule has 15 heavy (non-hydrogen) atoms. The zero-order valence-corrected chi connectivity index (χ0v) is 9.31. The van der Waals surface area contributed by atoms with Crippen LogP contribution in [0.5, 0.6) is 0 Å². The van der Waals surface area contributed by atoms with E-state index < -0.39 is 5.41 Å². The van der Waals surface area contributed by atoms with Gasteiger partial charge in [-0.2, -0.15) is 5.26 Å². The van der Waals surface area contributed by atoms with Gasteiger partial charge in [-0.1, -0.05) is 19.8 Å². The number of carbonyl (C=O) groups is 1. The lowest BCUT2D eigenvalue weighted by Crippen LogP contribution is -2.38. The molecular weight excluding hydrogens is 188 g/mol. The third-order valence-corrected chi connectivity index (χ3v) is 3.89. The zero-order valence-electron chi connectivity index (χ0n) is 9.31. The van der Waals surface area contributed by atoms with E-state index in [4.69, 9.17) is 5.26 Å². The second kappa shape index (κ2) is 3.52. The monoisotopic (exact) mass is 206 g/mol. The Kier molecular flexibility index (Phi) is 2.46. The molecule has 2 aliphatic rings. The highest BCUT2D eigenvalue weighted by molar-refractivity contribution is 5.88. The second-order valence-electron chi connectivity index (χ2n) is 5.39. The molecule has 0 aliphatic heterocycles. The maximum Gasteiger partial charge on any atom is 0.240 e. The van der Waals surface area contributed by atoms with Gasteiger partial charge in [-0.25, -0.2) is 0 Å². The van der Waals surface area contributed by atoms with E-state index in [1.807, 2.05) is 0 Å². The van der Waals surface area contributed by atoms with Gasteiger partial charge in [0.15, 0.2) is 0 Å². The molecule has 0 atom stereocenters. The predicted molar refractivity (Wildman–Crippen MR) is 56.9 cm³/mol. The van der Waals surface area contributed by atoms with Crippen molar-refractivity contribution in [3.63, 3.8) is 0 Å². The fourth-order valence-corrected chi connectivity index (χ4v) is 2.38. The van der Waals surface area contributed by atoms with E-state index in [2.05, 4.69) is 18.3 Å². The number of carbonyl (C=O) groups excluding carboxylic acids is 1. The molecule has 0 radical (unpaired) electrons. The Morgan fingerprint density at radius 1 is 1.33 bits per heavy atom. The Labute approximate surface area is 90.8 Å². The number of nitriles is 1. The van der Waals surface area contributed by atoms with Crippen LogP contribution in [0.15, 0.2) is 0 Å². The molecular formula is C12H18N2O. The minimum Gasteiger partial charge on any atom is -0.354 e. The highest BCUT2D eigenvalue weighted by Crippen LogP contribution is 2.45. The minimum absolute atomic E-state index is 0.0434. The summed E-state index contributed by atoms with van der Waals surface area (Å²) in [6.45, 7) is 2.97. The Hall–Kier alpha value is -1.04. The van der Waals surface area contributed by atoms with Crippen LogP contribution in [-0.4, -0.2) is 12.5 Å². The molecule has 0 heterocycles. The highest BCUT2D eigenvalue weighted by Gasteiger charge is 2.50. The van der Waals surface area contributed by atoms with Gasteiger partial charge in [0.25, 0.3) is 0 Å². The molecule has 2 rings (SSSR count). The summed E-state index contributed by atoms with van der Waals surface area (Å²) in [6.07, 6.45) is 6.43. The molecule has 0 aromatic rings. The Bertz CT molecular complexity index is 306. The first-order valence-corrected chi connectivity index (χ1v) is 5.80. The van der Waals surface area contributed by atoms with Crippen molar-refractivity contribution in [2.24, 2.45) is 10.8 Å². The van der Waals surface area contributed by atoms with E-state index in [1.54, 1.807) is 0 Å². The normalized spacial score (nSPS) is 25.6. The molecule has 0 aromatic carbocycles. The molecule has 0 aromatic heterocycles. The molecule has 0 unspecified atom stereocenters. The van der Waals surface area contributed by atoms with Crippen LogP contribution in [-0.2, 0) is 4.79 Å². The SMILES string of the molecule is CC1(CNC(=O)C2(C#N)CC2)CCCC1. The first-order valence-electron chi connectivity index (χ1n) is 5.80. The Morgan fingerprint density at radius 3 is 2.40 bits per heavy atom. The Morgan fingerprint density at radius 2 is 1.93 bits per heavy atom. The zero-order chi connectivity index (χ0) is 10.9. The molecule has 0 bridgehead atoms. The van der Waals surface area contributed by atoms with Crippen LogP contribution < -0.4 is 5.32 Å². The van der Waals surface area contributed by atoms with Gasteiger partial charge >= 0.3 is 0 Å². The first-order chi connectivity index (χ1) is 7.10. The van der Waals surface area contributed by atoms with Crippen molar-refractivity contribution in [3.05, 3.63) is 0 Å². The molecule has 0 spiro atoms. The average Bonchev–Trinajstić information content (AvgIpc) is 2.93. The number of amides is 1. The van der Waals surface area contributed by atoms with Crippen molar-refractivity contribution < 1.29 is 4.79 Å². The van der Waals surface area contributed by atoms with Gasteiger partial charge in [0.2, 0.25) is 5.91 Å². The van der Waals surface area contributed by atoms with Gasteiger partial charge in [-0.15, -0.1) is 0 Å². The molecule has 3 heteroatoms. The van der Waals surface area contributed by atoms with Crippen LogP contribution in [0.25, 0.3) is 0 Å². The standard InChI is InChI=1S/C12H18N2O/c1-11(4-2-3-5-11)9-14-10(15)12(8-13)6-7-12/h2-7,9H2,1H3,(H,14,15). The van der Waals surface area contributed by atoms with Crippen molar-refractivity contribution in [1.82, 2.24) is 5.32 Å². The second-order valence-corrected chi connectivity index (χ2v) is 5.39. The quantitative estimate of drug-likeness (QED) is 0.767. The van der Waals surface area contributed by atoms with E-state index in [9.17, 15) is 4.79 Å². The van der Waals surface area contributed by atoms with E-state index in [0.29, 0.717) is 0 Å². The lowest BCUT2D eigenvalue weighted by Gasteiger charge is -2.24. The van der Waals surface area contributed by atoms with Crippen molar-refractivity contribution in [1.29, 1.82) is 5.26 Å². The lowest BCUT2D eigenvalue weighted by molar-refractivity contribution is -0.124. The number of rotatable bonds is 3. The average molecular weight is 206 g/mol. The molecule has 82 valence electrons. The summed E-state index contributed by atoms with van der Waals surface area (Å²) in [6, 6.07) is 2.13. The lowest BCUT2D eigenvalue weighted by atomic mass is 9.88. The van der Waals surface area contributed by atoms with Gasteiger partial charge in [-0.05, 0) is 31.1 Å². The van der Waals surface area contributed by atoms with Crippen molar-refractivity contribution in [3.8, 4) is 6.07 Å². The van der Waals surface area contributed by atoms with Gasteiger partial charge in [0.1, 0.15) is 5.41 Å². The minimum atomic E-state index is -0.658. The smallest absolute Gasteiger partial charge is 0.240 e. The van der Waals surface area contributed by atoms with Gasteiger partial charge in [-0.3, -0.25) is 4.79 Å². The van der Waals surface area contributed by atoms with Crippen molar-refractivity contribution in [2.45, 2.75) is 45.4 Å². The fraction of sp³-hybridized carbons (Fsp3) is 0.833. The third kappa shape index (κ3) is 1.99. The molecule has 2 aliphatic carbocycles. The van der Waals surface area contributed by atoms with E-state index in [-0.39, 0.29) is 11.3 Å². The Balaban J connectivity index is 1.84. The molecule has 0 saturated heterocycles. The third-order valence-electron chi connectivity index (χ3n) is 3.89. The topological polar surface area (TPSA) is 52.9 Å². The largest absolute Gasteiger partial charge is 0.354 e. The van der Waals surface area contributed by atoms with Gasteiger partial charge in [0.05, 0.1) is 6.07 Å². The van der Waals surface area contributed by atoms with Crippen LogP contribution in [0.3, 0.4) is 0 Å². The van der Waals surface area contributed by atoms with Gasteiger partial charge < -0.3 is 5.32 Å². The van der Waals surface area contributed by atoms with Crippen LogP contribution in [0, 0.1) is 22.2 Å². The van der Waals surface area contributed by atoms with E-state index in [0.717, 1.165) is 19.4 Å². The first kappa shape index (κ1) is 10.5. The summed E-state index contributed by atoms with van der Waals surface area (Å²) >= 11 is 0. The number of nitrogens with zero attached hydrogens (tertiary/aromatic N) is 1. The van der Waals surface area contributed by atoms with Crippen molar-refractivity contribution in [2.75, 3.05) is 6.54 Å². The van der Waals surface area contributed by atoms with Crippen LogP contribution in [0.4, 0.5) is 0 Å². The van der Waals surface area contributed by atoms with Crippen LogP contribution in [0.1, 0.15) is 45.4 Å². The molecule has 2 fully saturated rings. The molecule has 2 saturated carbocycles. The molecule has 1 amide bonds. The van der Waals surface area contributed by atoms with Crippen LogP contribution in [0.2, 0.25) is 0 Å². The fourth-order valence-electron chi connectivity index (χ4n) is 2.38. The molecule has 1 N–H and O–H groups in total. The van der Waals surface area contributed by atoms with Crippen LogP contribution >= 0.6 is 0 Å². The maximum absolute atomic E-state index is 11.7. The predicted octanol–water partition coefficient (Wildman–Crippen LogP) is 1.99. The summed E-state index contributed by atoms with van der Waals surface area (Å²) in [5.74, 6) is -0.0434. The summed E-state index contributed by atoms with van der Waals surface area (Å²) in [5.41, 5.74) is -0.379. The van der Waals surface area contributed by atoms with Crippen molar-refractivity contribution >= 4 is 5.91 Å². The summed E-state index contributed by atoms with van der Waals surface area (Å²) < 4.78 is 0.